The van der Waals surface area contributed by atoms with Crippen molar-refractivity contribution in [3.63, 3.8) is 0 Å². The first-order chi connectivity index (χ1) is 5.33. The highest BCUT2D eigenvalue weighted by atomic mass is 15.1. The number of hydrogen-bond acceptors (Lipinski definition) is 3. The number of nitrogens with zero attached hydrogens (tertiary/aromatic N) is 2. The summed E-state index contributed by atoms with van der Waals surface area (Å²) < 4.78 is 0. The third-order valence-corrected chi connectivity index (χ3v) is 2.02. The third kappa shape index (κ3) is 2.87. The van der Waals surface area contributed by atoms with Crippen molar-refractivity contribution in [1.29, 1.82) is 5.26 Å². The highest BCUT2D eigenvalue weighted by Crippen LogP contribution is 1.99. The van der Waals surface area contributed by atoms with E-state index in [1.165, 1.54) is 6.42 Å². The number of hydrogen-bond donors (Lipinski definition) is 1. The maximum atomic E-state index is 8.49. The van der Waals surface area contributed by atoms with Gasteiger partial charge >= 0.3 is 0 Å². The van der Waals surface area contributed by atoms with E-state index in [1.807, 2.05) is 0 Å². The summed E-state index contributed by atoms with van der Waals surface area (Å²) in [4.78, 5) is 2.28. The average Bonchev–Trinajstić information content (AvgIpc) is 2.15. The topological polar surface area (TPSA) is 39.1 Å². The third-order valence-electron chi connectivity index (χ3n) is 2.02. The molecule has 1 atom stereocenters. The molecule has 1 rings (SSSR count). The molecule has 1 unspecified atom stereocenters. The van der Waals surface area contributed by atoms with E-state index in [-0.39, 0.29) is 0 Å². The molecule has 1 aliphatic rings. The molecule has 0 aromatic rings. The van der Waals surface area contributed by atoms with Gasteiger partial charge in [-0.1, -0.05) is 0 Å². The second-order valence-corrected chi connectivity index (χ2v) is 3.13. The quantitative estimate of drug-likeness (QED) is 0.584. The number of nitrogens with one attached hydrogen (secondary N) is 1. The molecule has 0 aromatic carbocycles. The number of rotatable bonds is 1. The molecule has 3 heteroatoms. The van der Waals surface area contributed by atoms with Crippen molar-refractivity contribution in [2.75, 3.05) is 26.7 Å². The Bertz CT molecular complexity index is 150. The minimum absolute atomic E-state index is 0.382. The molecule has 11 heavy (non-hydrogen) atoms. The molecule has 0 aliphatic carbocycles. The first-order valence-electron chi connectivity index (χ1n) is 4.12. The Morgan fingerprint density at radius 2 is 2.55 bits per heavy atom. The Morgan fingerprint density at radius 3 is 3.27 bits per heavy atom. The van der Waals surface area contributed by atoms with Crippen molar-refractivity contribution in [2.45, 2.75) is 18.9 Å². The van der Waals surface area contributed by atoms with Gasteiger partial charge in [0, 0.05) is 12.6 Å². The van der Waals surface area contributed by atoms with Gasteiger partial charge in [-0.3, -0.25) is 0 Å². The van der Waals surface area contributed by atoms with E-state index < -0.39 is 0 Å². The SMILES string of the molecule is CN1CCCNC(CC#N)C1. The molecule has 0 amide bonds. The Morgan fingerprint density at radius 1 is 1.73 bits per heavy atom. The van der Waals surface area contributed by atoms with Crippen LogP contribution in [0.5, 0.6) is 0 Å². The van der Waals surface area contributed by atoms with Gasteiger partial charge in [0.15, 0.2) is 0 Å². The minimum Gasteiger partial charge on any atom is -0.312 e. The molecule has 0 bridgehead atoms. The summed E-state index contributed by atoms with van der Waals surface area (Å²) >= 11 is 0. The zero-order valence-corrected chi connectivity index (χ0v) is 7.01. The van der Waals surface area contributed by atoms with Crippen LogP contribution in [0.3, 0.4) is 0 Å². The zero-order valence-electron chi connectivity index (χ0n) is 7.01. The average molecular weight is 153 g/mol. The molecule has 0 radical (unpaired) electrons. The van der Waals surface area contributed by atoms with Crippen molar-refractivity contribution >= 4 is 0 Å². The van der Waals surface area contributed by atoms with Gasteiger partial charge < -0.3 is 10.2 Å². The molecular formula is C8H15N3. The van der Waals surface area contributed by atoms with E-state index in [0.29, 0.717) is 12.5 Å². The number of likely N-dealkylation sites (N-methyl/N-ethyl adjacent to an activating group) is 1. The maximum Gasteiger partial charge on any atom is 0.0638 e. The van der Waals surface area contributed by atoms with Crippen LogP contribution in [0.25, 0.3) is 0 Å². The largest absolute Gasteiger partial charge is 0.312 e. The highest BCUT2D eigenvalue weighted by molar-refractivity contribution is 4.84. The minimum atomic E-state index is 0.382. The fourth-order valence-electron chi connectivity index (χ4n) is 1.43. The van der Waals surface area contributed by atoms with Gasteiger partial charge in [0.25, 0.3) is 0 Å². The van der Waals surface area contributed by atoms with Gasteiger partial charge in [-0.2, -0.15) is 5.26 Å². The Labute approximate surface area is 68.0 Å². The van der Waals surface area contributed by atoms with Crippen molar-refractivity contribution in [2.24, 2.45) is 0 Å². The summed E-state index contributed by atoms with van der Waals surface area (Å²) in [5.41, 5.74) is 0. The number of nitriles is 1. The smallest absolute Gasteiger partial charge is 0.0638 e. The fourth-order valence-corrected chi connectivity index (χ4v) is 1.43. The maximum absolute atomic E-state index is 8.49. The van der Waals surface area contributed by atoms with Crippen molar-refractivity contribution < 1.29 is 0 Å². The first kappa shape index (κ1) is 8.51. The van der Waals surface area contributed by atoms with Crippen molar-refractivity contribution in [3.8, 4) is 6.07 Å². The molecule has 1 N–H and O–H groups in total. The summed E-state index contributed by atoms with van der Waals surface area (Å²) in [5.74, 6) is 0. The Kier molecular flexibility index (Phi) is 3.34. The molecule has 1 aliphatic heterocycles. The Balaban J connectivity index is 2.34. The summed E-state index contributed by atoms with van der Waals surface area (Å²) in [6.45, 7) is 3.21. The van der Waals surface area contributed by atoms with Crippen LogP contribution in [0.15, 0.2) is 0 Å². The summed E-state index contributed by atoms with van der Waals surface area (Å²) in [6, 6.07) is 2.58. The van der Waals surface area contributed by atoms with Gasteiger partial charge in [0.1, 0.15) is 0 Å². The van der Waals surface area contributed by atoms with Crippen LogP contribution in [-0.4, -0.2) is 37.6 Å². The van der Waals surface area contributed by atoms with Gasteiger partial charge in [0.05, 0.1) is 12.5 Å². The van der Waals surface area contributed by atoms with Crippen molar-refractivity contribution in [3.05, 3.63) is 0 Å². The lowest BCUT2D eigenvalue weighted by Crippen LogP contribution is -2.35. The van der Waals surface area contributed by atoms with E-state index in [9.17, 15) is 0 Å². The molecule has 3 nitrogen and oxygen atoms in total. The first-order valence-corrected chi connectivity index (χ1v) is 4.12. The predicted octanol–water partition coefficient (Wildman–Crippen LogP) is 0.194. The van der Waals surface area contributed by atoms with Crippen LogP contribution in [0.2, 0.25) is 0 Å². The van der Waals surface area contributed by atoms with E-state index >= 15 is 0 Å². The highest BCUT2D eigenvalue weighted by Gasteiger charge is 2.13. The second-order valence-electron chi connectivity index (χ2n) is 3.13. The van der Waals surface area contributed by atoms with Crippen LogP contribution in [-0.2, 0) is 0 Å². The summed E-state index contributed by atoms with van der Waals surface area (Å²) in [5, 5.41) is 11.8. The molecular weight excluding hydrogens is 138 g/mol. The van der Waals surface area contributed by atoms with Crippen LogP contribution >= 0.6 is 0 Å². The monoisotopic (exact) mass is 153 g/mol. The van der Waals surface area contributed by atoms with Gasteiger partial charge in [-0.05, 0) is 26.6 Å². The van der Waals surface area contributed by atoms with Gasteiger partial charge in [-0.25, -0.2) is 0 Å². The Hall–Kier alpha value is -0.590. The summed E-state index contributed by atoms with van der Waals surface area (Å²) in [7, 11) is 2.11. The molecule has 1 heterocycles. The standard InChI is InChI=1S/C8H15N3/c1-11-6-2-5-10-8(7-11)3-4-9/h8,10H,2-3,5-7H2,1H3. The lowest BCUT2D eigenvalue weighted by atomic mass is 10.2. The van der Waals surface area contributed by atoms with Crippen LogP contribution < -0.4 is 5.32 Å². The van der Waals surface area contributed by atoms with Gasteiger partial charge in [-0.15, -0.1) is 0 Å². The fraction of sp³-hybridized carbons (Fsp3) is 0.875. The molecule has 1 saturated heterocycles. The van der Waals surface area contributed by atoms with E-state index in [1.54, 1.807) is 0 Å². The van der Waals surface area contributed by atoms with Gasteiger partial charge in [0.2, 0.25) is 0 Å². The van der Waals surface area contributed by atoms with Crippen LogP contribution in [0.1, 0.15) is 12.8 Å². The van der Waals surface area contributed by atoms with Crippen LogP contribution in [0, 0.1) is 11.3 Å². The zero-order chi connectivity index (χ0) is 8.10. The second kappa shape index (κ2) is 4.32. The van der Waals surface area contributed by atoms with E-state index in [2.05, 4.69) is 23.3 Å². The molecule has 0 spiro atoms. The molecule has 1 fully saturated rings. The molecule has 62 valence electrons. The van der Waals surface area contributed by atoms with Crippen LogP contribution in [0.4, 0.5) is 0 Å². The molecule has 0 aromatic heterocycles. The van der Waals surface area contributed by atoms with E-state index in [0.717, 1.165) is 19.6 Å². The predicted molar refractivity (Wildman–Crippen MR) is 44.1 cm³/mol. The normalized spacial score (nSPS) is 27.5. The molecule has 0 saturated carbocycles. The lowest BCUT2D eigenvalue weighted by molar-refractivity contribution is 0.325. The van der Waals surface area contributed by atoms with Crippen molar-refractivity contribution in [1.82, 2.24) is 10.2 Å². The van der Waals surface area contributed by atoms with E-state index in [4.69, 9.17) is 5.26 Å². The lowest BCUT2D eigenvalue weighted by Gasteiger charge is -2.17. The summed E-state index contributed by atoms with van der Waals surface area (Å²) in [6.07, 6.45) is 1.82.